The molecule has 21 heavy (non-hydrogen) atoms. The summed E-state index contributed by atoms with van der Waals surface area (Å²) < 4.78 is 21.7. The minimum Gasteiger partial charge on any atom is -0.484 e. The van der Waals surface area contributed by atoms with Crippen molar-refractivity contribution in [3.05, 3.63) is 47.8 Å². The zero-order chi connectivity index (χ0) is 15.0. The van der Waals surface area contributed by atoms with E-state index in [0.29, 0.717) is 6.04 Å². The van der Waals surface area contributed by atoms with Crippen molar-refractivity contribution in [1.29, 1.82) is 0 Å². The van der Waals surface area contributed by atoms with E-state index in [1.165, 1.54) is 6.07 Å². The van der Waals surface area contributed by atoms with Crippen LogP contribution in [-0.2, 0) is 0 Å². The van der Waals surface area contributed by atoms with Gasteiger partial charge in [0.15, 0.2) is 0 Å². The molecule has 0 bridgehead atoms. The van der Waals surface area contributed by atoms with E-state index in [-0.39, 0.29) is 18.0 Å². The number of hydrogen-bond donors (Lipinski definition) is 1. The van der Waals surface area contributed by atoms with Gasteiger partial charge in [-0.3, -0.25) is 0 Å². The van der Waals surface area contributed by atoms with E-state index in [0.717, 1.165) is 23.4 Å². The van der Waals surface area contributed by atoms with Crippen LogP contribution < -0.4 is 10.1 Å². The Bertz CT molecular complexity index is 638. The van der Waals surface area contributed by atoms with Gasteiger partial charge < -0.3 is 14.6 Å². The largest absolute Gasteiger partial charge is 0.484 e. The number of rotatable bonds is 3. The first-order chi connectivity index (χ1) is 10.1. The third-order valence-corrected chi connectivity index (χ3v) is 4.00. The lowest BCUT2D eigenvalue weighted by Gasteiger charge is -2.33. The molecule has 2 aromatic rings. The Morgan fingerprint density at radius 2 is 2.24 bits per heavy atom. The highest BCUT2D eigenvalue weighted by molar-refractivity contribution is 5.39. The summed E-state index contributed by atoms with van der Waals surface area (Å²) >= 11 is 0. The van der Waals surface area contributed by atoms with Crippen molar-refractivity contribution in [2.45, 2.75) is 38.5 Å². The Balaban J connectivity index is 1.97. The number of imidazole rings is 1. The lowest BCUT2D eigenvalue weighted by molar-refractivity contribution is 0.144. The number of nitrogens with zero attached hydrogens (tertiary/aromatic N) is 2. The monoisotopic (exact) mass is 289 g/mol. The van der Waals surface area contributed by atoms with Gasteiger partial charge in [-0.05, 0) is 39.1 Å². The molecular weight excluding hydrogens is 269 g/mol. The van der Waals surface area contributed by atoms with Crippen LogP contribution >= 0.6 is 0 Å². The molecule has 2 unspecified atom stereocenters. The molecule has 1 aromatic carbocycles. The maximum absolute atomic E-state index is 13.4. The minimum absolute atomic E-state index is 0.0740. The van der Waals surface area contributed by atoms with E-state index in [1.54, 1.807) is 12.1 Å². The van der Waals surface area contributed by atoms with Crippen molar-refractivity contribution in [2.24, 2.45) is 0 Å². The highest BCUT2D eigenvalue weighted by Gasteiger charge is 2.30. The van der Waals surface area contributed by atoms with Crippen LogP contribution in [0.25, 0.3) is 0 Å². The van der Waals surface area contributed by atoms with E-state index in [1.807, 2.05) is 19.6 Å². The lowest BCUT2D eigenvalue weighted by atomic mass is 9.95. The molecule has 0 saturated heterocycles. The predicted molar refractivity (Wildman–Crippen MR) is 78.8 cm³/mol. The molecule has 1 N–H and O–H groups in total. The topological polar surface area (TPSA) is 39.1 Å². The van der Waals surface area contributed by atoms with E-state index < -0.39 is 0 Å². The second-order valence-corrected chi connectivity index (χ2v) is 5.69. The van der Waals surface area contributed by atoms with Crippen molar-refractivity contribution in [3.8, 4) is 5.75 Å². The van der Waals surface area contributed by atoms with Crippen LogP contribution in [0.2, 0.25) is 0 Å². The van der Waals surface area contributed by atoms with Gasteiger partial charge in [0.25, 0.3) is 0 Å². The number of fused-ring (bicyclic) bond motifs is 1. The average Bonchev–Trinajstić information content (AvgIpc) is 2.95. The van der Waals surface area contributed by atoms with Gasteiger partial charge in [0.05, 0.1) is 18.2 Å². The molecule has 0 aliphatic carbocycles. The molecule has 0 saturated carbocycles. The van der Waals surface area contributed by atoms with Crippen LogP contribution in [0.15, 0.2) is 30.7 Å². The normalized spacial score (nSPS) is 21.2. The van der Waals surface area contributed by atoms with Crippen LogP contribution in [0.1, 0.15) is 49.7 Å². The lowest BCUT2D eigenvalue weighted by Crippen LogP contribution is -2.28. The van der Waals surface area contributed by atoms with Gasteiger partial charge in [0.2, 0.25) is 0 Å². The summed E-state index contributed by atoms with van der Waals surface area (Å²) in [6, 6.07) is 5.09. The Labute approximate surface area is 124 Å². The van der Waals surface area contributed by atoms with Crippen molar-refractivity contribution >= 4 is 0 Å². The Kier molecular flexibility index (Phi) is 3.68. The van der Waals surface area contributed by atoms with E-state index >= 15 is 0 Å². The maximum atomic E-state index is 13.4. The van der Waals surface area contributed by atoms with Crippen molar-refractivity contribution in [2.75, 3.05) is 7.05 Å². The molecule has 1 aliphatic heterocycles. The number of ether oxygens (including phenoxy) is 1. The fraction of sp³-hybridized carbons (Fsp3) is 0.438. The third-order valence-electron chi connectivity index (χ3n) is 4.00. The highest BCUT2D eigenvalue weighted by Crippen LogP contribution is 2.41. The molecule has 112 valence electrons. The molecule has 2 atom stereocenters. The molecule has 0 radical (unpaired) electrons. The summed E-state index contributed by atoms with van der Waals surface area (Å²) in [5.74, 6) is 0.506. The average molecular weight is 289 g/mol. The van der Waals surface area contributed by atoms with Crippen LogP contribution in [0.5, 0.6) is 5.75 Å². The maximum Gasteiger partial charge on any atom is 0.142 e. The number of benzene rings is 1. The fourth-order valence-electron chi connectivity index (χ4n) is 2.89. The summed E-state index contributed by atoms with van der Waals surface area (Å²) in [5.41, 5.74) is 1.93. The fourth-order valence-corrected chi connectivity index (χ4v) is 2.89. The van der Waals surface area contributed by atoms with Gasteiger partial charge in [-0.1, -0.05) is 0 Å². The third kappa shape index (κ3) is 2.53. The first-order valence-corrected chi connectivity index (χ1v) is 7.25. The molecule has 5 heteroatoms. The van der Waals surface area contributed by atoms with E-state index in [2.05, 4.69) is 28.7 Å². The van der Waals surface area contributed by atoms with Gasteiger partial charge in [-0.25, -0.2) is 9.37 Å². The molecule has 3 rings (SSSR count). The molecule has 4 nitrogen and oxygen atoms in total. The molecule has 1 aliphatic rings. The van der Waals surface area contributed by atoms with Crippen LogP contribution in [0, 0.1) is 5.82 Å². The summed E-state index contributed by atoms with van der Waals surface area (Å²) in [6.45, 7) is 4.24. The van der Waals surface area contributed by atoms with Gasteiger partial charge in [0, 0.05) is 24.1 Å². The van der Waals surface area contributed by atoms with Crippen LogP contribution in [-0.4, -0.2) is 16.6 Å². The summed E-state index contributed by atoms with van der Waals surface area (Å²) in [7, 11) is 1.89. The molecular formula is C16H20FN3O. The second-order valence-electron chi connectivity index (χ2n) is 5.69. The second kappa shape index (κ2) is 5.48. The van der Waals surface area contributed by atoms with Crippen molar-refractivity contribution < 1.29 is 9.13 Å². The first kappa shape index (κ1) is 14.1. The van der Waals surface area contributed by atoms with E-state index in [9.17, 15) is 4.39 Å². The van der Waals surface area contributed by atoms with Gasteiger partial charge in [-0.2, -0.15) is 0 Å². The predicted octanol–water partition coefficient (Wildman–Crippen LogP) is 3.39. The first-order valence-electron chi connectivity index (χ1n) is 7.25. The molecule has 0 amide bonds. The zero-order valence-corrected chi connectivity index (χ0v) is 12.5. The number of halogens is 1. The molecule has 1 aromatic heterocycles. The molecule has 0 spiro atoms. The SMILES string of the molecule is CNC1CC(c2cncn2C(C)C)Oc2ccc(F)cc21. The Hall–Kier alpha value is -1.88. The number of nitrogens with one attached hydrogen (secondary N) is 1. The summed E-state index contributed by atoms with van der Waals surface area (Å²) in [6.07, 6.45) is 4.36. The molecule has 0 fully saturated rings. The van der Waals surface area contributed by atoms with Crippen molar-refractivity contribution in [3.63, 3.8) is 0 Å². The minimum atomic E-state index is -0.233. The Morgan fingerprint density at radius 1 is 1.43 bits per heavy atom. The zero-order valence-electron chi connectivity index (χ0n) is 12.5. The van der Waals surface area contributed by atoms with Crippen LogP contribution in [0.3, 0.4) is 0 Å². The molecule has 2 heterocycles. The number of hydrogen-bond acceptors (Lipinski definition) is 3. The van der Waals surface area contributed by atoms with Gasteiger partial charge >= 0.3 is 0 Å². The number of aromatic nitrogens is 2. The standard InChI is InChI=1S/C16H20FN3O/c1-10(2)20-9-19-8-14(20)16-7-13(18-3)12-6-11(17)4-5-15(12)21-16/h4-6,8-10,13,16,18H,7H2,1-3H3. The quantitative estimate of drug-likeness (QED) is 0.941. The highest BCUT2D eigenvalue weighted by atomic mass is 19.1. The smallest absolute Gasteiger partial charge is 0.142 e. The Morgan fingerprint density at radius 3 is 2.95 bits per heavy atom. The van der Waals surface area contributed by atoms with Crippen molar-refractivity contribution in [1.82, 2.24) is 14.9 Å². The van der Waals surface area contributed by atoms with Gasteiger partial charge in [-0.15, -0.1) is 0 Å². The summed E-state index contributed by atoms with van der Waals surface area (Å²) in [4.78, 5) is 4.24. The van der Waals surface area contributed by atoms with Gasteiger partial charge in [0.1, 0.15) is 17.7 Å². The summed E-state index contributed by atoms with van der Waals surface area (Å²) in [5, 5.41) is 3.25. The van der Waals surface area contributed by atoms with Crippen LogP contribution in [0.4, 0.5) is 4.39 Å². The van der Waals surface area contributed by atoms with E-state index in [4.69, 9.17) is 4.74 Å².